The van der Waals surface area contributed by atoms with Gasteiger partial charge in [0, 0.05) is 17.1 Å². The van der Waals surface area contributed by atoms with Crippen molar-refractivity contribution in [2.24, 2.45) is 0 Å². The Kier molecular flexibility index (Phi) is 2.38. The molecular formula is C13H17N3O2S. The van der Waals surface area contributed by atoms with E-state index in [1.54, 1.807) is 0 Å². The number of hydrogen-bond donors (Lipinski definition) is 1. The van der Waals surface area contributed by atoms with E-state index in [4.69, 9.17) is 4.74 Å². The average Bonchev–Trinajstić information content (AvgIpc) is 2.70. The van der Waals surface area contributed by atoms with Crippen molar-refractivity contribution in [3.8, 4) is 5.88 Å². The van der Waals surface area contributed by atoms with Crippen LogP contribution in [0.3, 0.4) is 0 Å². The lowest BCUT2D eigenvalue weighted by Crippen LogP contribution is -2.49. The molecule has 2 aromatic rings. The molecule has 1 atom stereocenters. The van der Waals surface area contributed by atoms with E-state index >= 15 is 0 Å². The first-order chi connectivity index (χ1) is 8.79. The Hall–Kier alpha value is -1.69. The van der Waals surface area contributed by atoms with Gasteiger partial charge in [0.25, 0.3) is 0 Å². The Morgan fingerprint density at radius 3 is 2.95 bits per heavy atom. The van der Waals surface area contributed by atoms with E-state index in [-0.39, 0.29) is 11.5 Å². The Morgan fingerprint density at radius 1 is 1.53 bits per heavy atom. The maximum Gasteiger partial charge on any atom is 0.241 e. The molecule has 0 amide bonds. The third-order valence-corrected chi connectivity index (χ3v) is 4.92. The molecule has 1 aliphatic heterocycles. The summed E-state index contributed by atoms with van der Waals surface area (Å²) in [6.45, 7) is 6.02. The maximum absolute atomic E-state index is 12.7. The molecule has 1 unspecified atom stereocenters. The zero-order chi connectivity index (χ0) is 13.8. The van der Waals surface area contributed by atoms with E-state index in [0.29, 0.717) is 5.88 Å². The molecule has 3 heterocycles. The van der Waals surface area contributed by atoms with Gasteiger partial charge in [-0.25, -0.2) is 4.21 Å². The molecule has 5 nitrogen and oxygen atoms in total. The number of anilines is 1. The molecule has 0 bridgehead atoms. The maximum atomic E-state index is 12.7. The predicted octanol–water partition coefficient (Wildman–Crippen LogP) is 2.15. The second-order valence-electron chi connectivity index (χ2n) is 5.73. The lowest BCUT2D eigenvalue weighted by molar-refractivity contribution is 0.359. The monoisotopic (exact) mass is 279 g/mol. The summed E-state index contributed by atoms with van der Waals surface area (Å²) in [4.78, 5) is 7.48. The molecule has 0 radical (unpaired) electrons. The first-order valence-corrected chi connectivity index (χ1v) is 7.91. The summed E-state index contributed by atoms with van der Waals surface area (Å²) in [5.74, 6) is 4.41. The van der Waals surface area contributed by atoms with Gasteiger partial charge in [0.2, 0.25) is 5.88 Å². The molecular weight excluding hydrogens is 262 g/mol. The van der Waals surface area contributed by atoms with Crippen LogP contribution in [0, 0.1) is 0 Å². The molecule has 0 aliphatic carbocycles. The van der Waals surface area contributed by atoms with Crippen LogP contribution >= 0.6 is 0 Å². The van der Waals surface area contributed by atoms with Crippen molar-refractivity contribution in [3.63, 3.8) is 0 Å². The highest BCUT2D eigenvalue weighted by Gasteiger charge is 2.36. The number of H-pyrrole nitrogens is 1. The second-order valence-corrected chi connectivity index (χ2v) is 7.87. The van der Waals surface area contributed by atoms with E-state index in [2.05, 4.69) is 15.8 Å². The van der Waals surface area contributed by atoms with Gasteiger partial charge in [0.15, 0.2) is 5.94 Å². The summed E-state index contributed by atoms with van der Waals surface area (Å²) in [6.07, 6.45) is 1.83. The van der Waals surface area contributed by atoms with Gasteiger partial charge in [-0.05, 0) is 38.8 Å². The van der Waals surface area contributed by atoms with Crippen LogP contribution in [0.15, 0.2) is 18.3 Å². The minimum Gasteiger partial charge on any atom is -0.461 e. The fraction of sp³-hybridized carbons (Fsp3) is 0.385. The van der Waals surface area contributed by atoms with E-state index in [1.165, 1.54) is 0 Å². The molecule has 6 heteroatoms. The minimum absolute atomic E-state index is 0.0660. The normalized spacial score (nSPS) is 23.2. The highest BCUT2D eigenvalue weighted by atomic mass is 32.2. The average molecular weight is 279 g/mol. The number of nitrogens with zero attached hydrogens (tertiary/aromatic N) is 2. The number of ether oxygens (including phenoxy) is 1. The van der Waals surface area contributed by atoms with Crippen LogP contribution in [-0.4, -0.2) is 31.5 Å². The third-order valence-electron chi connectivity index (χ3n) is 3.02. The van der Waals surface area contributed by atoms with E-state index < -0.39 is 9.71 Å². The lowest BCUT2D eigenvalue weighted by atomic mass is 10.1. The van der Waals surface area contributed by atoms with Crippen molar-refractivity contribution in [1.29, 1.82) is 0 Å². The van der Waals surface area contributed by atoms with Gasteiger partial charge in [-0.2, -0.15) is 4.98 Å². The zero-order valence-corrected chi connectivity index (χ0v) is 12.1. The van der Waals surface area contributed by atoms with Crippen molar-refractivity contribution >= 4 is 32.3 Å². The van der Waals surface area contributed by atoms with Crippen molar-refractivity contribution in [2.75, 3.05) is 10.2 Å². The number of fused-ring (bicyclic) bond motifs is 2. The molecule has 102 valence electrons. The molecule has 0 saturated carbocycles. The quantitative estimate of drug-likeness (QED) is 0.752. The van der Waals surface area contributed by atoms with Crippen LogP contribution in [-0.2, 0) is 9.71 Å². The number of nitrogens with one attached hydrogen (secondary N) is 1. The Balaban J connectivity index is 2.30. The Bertz CT molecular complexity index is 741. The molecule has 0 fully saturated rings. The van der Waals surface area contributed by atoms with Crippen molar-refractivity contribution in [1.82, 2.24) is 9.97 Å². The molecule has 0 aromatic carbocycles. The van der Waals surface area contributed by atoms with Crippen LogP contribution in [0.4, 0.5) is 5.69 Å². The van der Waals surface area contributed by atoms with Crippen molar-refractivity contribution in [2.45, 2.75) is 26.3 Å². The van der Waals surface area contributed by atoms with E-state index in [9.17, 15) is 4.21 Å². The lowest BCUT2D eigenvalue weighted by Gasteiger charge is -2.42. The summed E-state index contributed by atoms with van der Waals surface area (Å²) < 4.78 is 20.0. The number of hydrogen-bond acceptors (Lipinski definition) is 3. The fourth-order valence-electron chi connectivity index (χ4n) is 2.45. The summed E-state index contributed by atoms with van der Waals surface area (Å²) in [6, 6.07) is 3.88. The van der Waals surface area contributed by atoms with E-state index in [1.807, 2.05) is 43.4 Å². The summed E-state index contributed by atoms with van der Waals surface area (Å²) in [5, 5.41) is 0.966. The summed E-state index contributed by atoms with van der Waals surface area (Å²) in [5.41, 5.74) is 1.19. The van der Waals surface area contributed by atoms with Gasteiger partial charge in [-0.1, -0.05) is 0 Å². The largest absolute Gasteiger partial charge is 0.461 e. The Labute approximate surface area is 112 Å². The van der Waals surface area contributed by atoms with Crippen molar-refractivity contribution in [3.05, 3.63) is 18.3 Å². The zero-order valence-electron chi connectivity index (χ0n) is 11.3. The molecule has 2 aromatic heterocycles. The fourth-order valence-corrected chi connectivity index (χ4v) is 4.33. The third kappa shape index (κ3) is 1.87. The van der Waals surface area contributed by atoms with Gasteiger partial charge in [0.1, 0.15) is 11.3 Å². The Morgan fingerprint density at radius 2 is 2.26 bits per heavy atom. The second kappa shape index (κ2) is 3.66. The molecule has 3 rings (SSSR count). The minimum atomic E-state index is -2.49. The first-order valence-electron chi connectivity index (χ1n) is 6.05. The number of pyridine rings is 1. The predicted molar refractivity (Wildman–Crippen MR) is 79.1 cm³/mol. The number of aromatic amines is 1. The molecule has 1 N–H and O–H groups in total. The smallest absolute Gasteiger partial charge is 0.241 e. The molecule has 0 saturated heterocycles. The van der Waals surface area contributed by atoms with Crippen LogP contribution in [0.2, 0.25) is 0 Å². The van der Waals surface area contributed by atoms with Gasteiger partial charge in [-0.15, -0.1) is 0 Å². The van der Waals surface area contributed by atoms with Gasteiger partial charge in [0.05, 0.1) is 9.71 Å². The standard InChI is InChI=1S/C13H17N3O2S/c1-13(2,3)16-10-7-9-5-6-14-11(9)15-12(10)18-8-19(16,4)17/h5-7H,4,8H2,1-3H3,(H,14,15). The van der Waals surface area contributed by atoms with Crippen LogP contribution < -0.4 is 9.04 Å². The van der Waals surface area contributed by atoms with E-state index in [0.717, 1.165) is 16.7 Å². The first kappa shape index (κ1) is 12.3. The van der Waals surface area contributed by atoms with Crippen LogP contribution in [0.1, 0.15) is 20.8 Å². The van der Waals surface area contributed by atoms with Crippen LogP contribution in [0.5, 0.6) is 5.88 Å². The highest BCUT2D eigenvalue weighted by Crippen LogP contribution is 2.39. The van der Waals surface area contributed by atoms with Gasteiger partial charge >= 0.3 is 0 Å². The van der Waals surface area contributed by atoms with Crippen molar-refractivity contribution < 1.29 is 8.95 Å². The van der Waals surface area contributed by atoms with Crippen LogP contribution in [0.25, 0.3) is 11.0 Å². The SMILES string of the molecule is C=S1(=O)COc2nc3[nH]ccc3cc2N1C(C)(C)C. The highest BCUT2D eigenvalue weighted by molar-refractivity contribution is 8.01. The molecule has 0 spiro atoms. The molecule has 19 heavy (non-hydrogen) atoms. The topological polar surface area (TPSA) is 58.2 Å². The van der Waals surface area contributed by atoms with Gasteiger partial charge < -0.3 is 9.72 Å². The number of rotatable bonds is 0. The molecule has 1 aliphatic rings. The summed E-state index contributed by atoms with van der Waals surface area (Å²) in [7, 11) is -2.49. The summed E-state index contributed by atoms with van der Waals surface area (Å²) >= 11 is 0. The van der Waals surface area contributed by atoms with Gasteiger partial charge in [-0.3, -0.25) is 4.31 Å². The number of aromatic nitrogens is 2.